The first-order valence-corrected chi connectivity index (χ1v) is 8.35. The van der Waals surface area contributed by atoms with Gasteiger partial charge in [-0.05, 0) is 24.3 Å². The number of nitrogens with one attached hydrogen (secondary N) is 1. The highest BCUT2D eigenvalue weighted by Gasteiger charge is 2.14. The fourth-order valence-corrected chi connectivity index (χ4v) is 3.18. The monoisotopic (exact) mass is 299 g/mol. The van der Waals surface area contributed by atoms with Crippen LogP contribution in [-0.4, -0.2) is 30.4 Å². The third kappa shape index (κ3) is 3.99. The zero-order valence-corrected chi connectivity index (χ0v) is 13.0. The van der Waals surface area contributed by atoms with Crippen LogP contribution in [0.5, 0.6) is 5.75 Å². The summed E-state index contributed by atoms with van der Waals surface area (Å²) < 4.78 is 5.83. The lowest BCUT2D eigenvalue weighted by atomic mass is 9.95. The van der Waals surface area contributed by atoms with Crippen LogP contribution >= 0.6 is 0 Å². The highest BCUT2D eigenvalue weighted by Crippen LogP contribution is 2.25. The molecule has 3 nitrogen and oxygen atoms in total. The zero-order chi connectivity index (χ0) is 15.2. The molecule has 0 unspecified atom stereocenters. The number of aliphatic hydroxyl groups is 1. The molecule has 0 aromatic heterocycles. The van der Waals surface area contributed by atoms with E-state index in [-0.39, 0.29) is 0 Å². The molecule has 118 valence electrons. The summed E-state index contributed by atoms with van der Waals surface area (Å²) in [4.78, 5) is 0. The van der Waals surface area contributed by atoms with E-state index in [1.807, 2.05) is 24.3 Å². The van der Waals surface area contributed by atoms with Crippen LogP contribution in [0, 0.1) is 0 Å². The number of rotatable bonds is 6. The summed E-state index contributed by atoms with van der Waals surface area (Å²) in [5.41, 5.74) is 0. The molecule has 3 rings (SSSR count). The minimum Gasteiger partial charge on any atom is -0.490 e. The minimum atomic E-state index is -0.471. The lowest BCUT2D eigenvalue weighted by molar-refractivity contribution is 0.102. The van der Waals surface area contributed by atoms with Gasteiger partial charge in [-0.1, -0.05) is 55.7 Å². The molecule has 0 saturated heterocycles. The summed E-state index contributed by atoms with van der Waals surface area (Å²) in [6.45, 7) is 0.934. The molecule has 1 saturated carbocycles. The first kappa shape index (κ1) is 15.3. The maximum atomic E-state index is 10.1. The van der Waals surface area contributed by atoms with Crippen molar-refractivity contribution < 1.29 is 9.84 Å². The molecule has 1 aliphatic rings. The third-order valence-electron chi connectivity index (χ3n) is 4.43. The number of aliphatic hydroxyl groups excluding tert-OH is 1. The van der Waals surface area contributed by atoms with Crippen molar-refractivity contribution in [3.63, 3.8) is 0 Å². The number of hydrogen-bond acceptors (Lipinski definition) is 3. The van der Waals surface area contributed by atoms with Gasteiger partial charge in [-0.15, -0.1) is 0 Å². The summed E-state index contributed by atoms with van der Waals surface area (Å²) in [6.07, 6.45) is 5.96. The summed E-state index contributed by atoms with van der Waals surface area (Å²) >= 11 is 0. The number of benzene rings is 2. The largest absolute Gasteiger partial charge is 0.490 e. The Kier molecular flexibility index (Phi) is 5.30. The summed E-state index contributed by atoms with van der Waals surface area (Å²) in [6, 6.07) is 14.8. The van der Waals surface area contributed by atoms with E-state index in [2.05, 4.69) is 23.5 Å². The highest BCUT2D eigenvalue weighted by atomic mass is 16.5. The summed E-state index contributed by atoms with van der Waals surface area (Å²) in [5.74, 6) is 0.842. The summed E-state index contributed by atoms with van der Waals surface area (Å²) in [7, 11) is 0. The first-order chi connectivity index (χ1) is 10.8. The van der Waals surface area contributed by atoms with Gasteiger partial charge >= 0.3 is 0 Å². The maximum absolute atomic E-state index is 10.1. The van der Waals surface area contributed by atoms with Gasteiger partial charge in [0.15, 0.2) is 0 Å². The lowest BCUT2D eigenvalue weighted by Crippen LogP contribution is -2.38. The van der Waals surface area contributed by atoms with Crippen LogP contribution in [0.1, 0.15) is 32.1 Å². The van der Waals surface area contributed by atoms with E-state index in [1.54, 1.807) is 0 Å². The molecule has 22 heavy (non-hydrogen) atoms. The Hall–Kier alpha value is -1.58. The molecule has 0 spiro atoms. The highest BCUT2D eigenvalue weighted by molar-refractivity contribution is 5.88. The normalized spacial score (nSPS) is 17.5. The molecule has 2 aromatic carbocycles. The van der Waals surface area contributed by atoms with Gasteiger partial charge < -0.3 is 15.2 Å². The smallest absolute Gasteiger partial charge is 0.127 e. The van der Waals surface area contributed by atoms with Crippen LogP contribution in [0.4, 0.5) is 0 Å². The van der Waals surface area contributed by atoms with Crippen LogP contribution in [0.3, 0.4) is 0 Å². The van der Waals surface area contributed by atoms with E-state index >= 15 is 0 Å². The van der Waals surface area contributed by atoms with Crippen molar-refractivity contribution >= 4 is 10.8 Å². The Labute approximate surface area is 132 Å². The Morgan fingerprint density at radius 3 is 2.68 bits per heavy atom. The number of fused-ring (bicyclic) bond motifs is 1. The average molecular weight is 299 g/mol. The second-order valence-corrected chi connectivity index (χ2v) is 6.19. The first-order valence-electron chi connectivity index (χ1n) is 8.35. The topological polar surface area (TPSA) is 41.5 Å². The van der Waals surface area contributed by atoms with Crippen molar-refractivity contribution in [1.82, 2.24) is 5.32 Å². The average Bonchev–Trinajstić information content (AvgIpc) is 2.59. The van der Waals surface area contributed by atoms with E-state index in [4.69, 9.17) is 4.74 Å². The van der Waals surface area contributed by atoms with E-state index in [0.29, 0.717) is 19.2 Å². The predicted molar refractivity (Wildman–Crippen MR) is 90.3 cm³/mol. The fourth-order valence-electron chi connectivity index (χ4n) is 3.18. The maximum Gasteiger partial charge on any atom is 0.127 e. The van der Waals surface area contributed by atoms with Crippen molar-refractivity contribution in [3.8, 4) is 5.75 Å². The van der Waals surface area contributed by atoms with E-state index in [0.717, 1.165) is 16.5 Å². The van der Waals surface area contributed by atoms with Crippen LogP contribution in [0.15, 0.2) is 42.5 Å². The minimum absolute atomic E-state index is 0.327. The van der Waals surface area contributed by atoms with E-state index < -0.39 is 6.10 Å². The number of hydrogen-bond donors (Lipinski definition) is 2. The van der Waals surface area contributed by atoms with Crippen LogP contribution in [0.25, 0.3) is 10.8 Å². The Morgan fingerprint density at radius 1 is 1.05 bits per heavy atom. The predicted octanol–water partition coefficient (Wildman–Crippen LogP) is 3.50. The van der Waals surface area contributed by atoms with Crippen molar-refractivity contribution in [2.75, 3.05) is 13.2 Å². The molecule has 2 aromatic rings. The molecule has 0 heterocycles. The van der Waals surface area contributed by atoms with Crippen LogP contribution in [-0.2, 0) is 0 Å². The van der Waals surface area contributed by atoms with Crippen molar-refractivity contribution in [3.05, 3.63) is 42.5 Å². The van der Waals surface area contributed by atoms with Crippen LogP contribution in [0.2, 0.25) is 0 Å². The molecular formula is C19H25NO2. The van der Waals surface area contributed by atoms with Crippen LogP contribution < -0.4 is 10.1 Å². The second kappa shape index (κ2) is 7.61. The van der Waals surface area contributed by atoms with Crippen molar-refractivity contribution in [2.45, 2.75) is 44.2 Å². The van der Waals surface area contributed by atoms with Gasteiger partial charge in [0.1, 0.15) is 18.5 Å². The summed E-state index contributed by atoms with van der Waals surface area (Å²) in [5, 5.41) is 15.8. The van der Waals surface area contributed by atoms with Gasteiger partial charge in [-0.2, -0.15) is 0 Å². The Bertz CT molecular complexity index is 588. The SMILES string of the molecule is O[C@@H](CNC1CCCCC1)COc1cccc2ccccc12. The van der Waals surface area contributed by atoms with Gasteiger partial charge in [0.2, 0.25) is 0 Å². The molecule has 1 fully saturated rings. The van der Waals surface area contributed by atoms with E-state index in [9.17, 15) is 5.11 Å². The van der Waals surface area contributed by atoms with Gasteiger partial charge in [0.05, 0.1) is 0 Å². The number of ether oxygens (including phenoxy) is 1. The molecule has 0 bridgehead atoms. The molecule has 2 N–H and O–H groups in total. The third-order valence-corrected chi connectivity index (χ3v) is 4.43. The Balaban J connectivity index is 1.50. The Morgan fingerprint density at radius 2 is 1.82 bits per heavy atom. The molecule has 1 atom stereocenters. The molecule has 0 aliphatic heterocycles. The fraction of sp³-hybridized carbons (Fsp3) is 0.474. The quantitative estimate of drug-likeness (QED) is 0.858. The van der Waals surface area contributed by atoms with Crippen molar-refractivity contribution in [2.24, 2.45) is 0 Å². The molecule has 0 radical (unpaired) electrons. The van der Waals surface area contributed by atoms with Gasteiger partial charge in [-0.3, -0.25) is 0 Å². The van der Waals surface area contributed by atoms with Gasteiger partial charge in [0, 0.05) is 18.0 Å². The van der Waals surface area contributed by atoms with E-state index in [1.165, 1.54) is 32.1 Å². The molecular weight excluding hydrogens is 274 g/mol. The zero-order valence-electron chi connectivity index (χ0n) is 13.0. The van der Waals surface area contributed by atoms with Gasteiger partial charge in [-0.25, -0.2) is 0 Å². The van der Waals surface area contributed by atoms with Crippen molar-refractivity contribution in [1.29, 1.82) is 0 Å². The van der Waals surface area contributed by atoms with Gasteiger partial charge in [0.25, 0.3) is 0 Å². The molecule has 0 amide bonds. The lowest BCUT2D eigenvalue weighted by Gasteiger charge is -2.24. The molecule has 1 aliphatic carbocycles. The standard InChI is InChI=1S/C19H25NO2/c21-17(13-20-16-9-2-1-3-10-16)14-22-19-12-6-8-15-7-4-5-11-18(15)19/h4-8,11-12,16-17,20-21H,1-3,9-10,13-14H2/t17-/m0/s1. The second-order valence-electron chi connectivity index (χ2n) is 6.19. The molecule has 3 heteroatoms.